The van der Waals surface area contributed by atoms with Crippen molar-refractivity contribution in [3.8, 4) is 0 Å². The molecule has 0 radical (unpaired) electrons. The van der Waals surface area contributed by atoms with Gasteiger partial charge in [0.15, 0.2) is 0 Å². The van der Waals surface area contributed by atoms with E-state index in [1.54, 1.807) is 33.0 Å². The van der Waals surface area contributed by atoms with Gasteiger partial charge in [-0.2, -0.15) is 4.98 Å². The molecule has 21 heavy (non-hydrogen) atoms. The van der Waals surface area contributed by atoms with Gasteiger partial charge in [-0.15, -0.1) is 11.8 Å². The summed E-state index contributed by atoms with van der Waals surface area (Å²) in [5.41, 5.74) is 4.17. The van der Waals surface area contributed by atoms with Gasteiger partial charge in [-0.25, -0.2) is 4.79 Å². The van der Waals surface area contributed by atoms with Gasteiger partial charge in [0.1, 0.15) is 24.1 Å². The van der Waals surface area contributed by atoms with Crippen LogP contribution < -0.4 is 11.4 Å². The molecule has 1 aromatic rings. The summed E-state index contributed by atoms with van der Waals surface area (Å²) < 4.78 is 12.3. The van der Waals surface area contributed by atoms with E-state index in [-0.39, 0.29) is 23.8 Å². The van der Waals surface area contributed by atoms with Gasteiger partial charge in [-0.05, 0) is 26.8 Å². The molecule has 0 aromatic carbocycles. The molecule has 1 aromatic heterocycles. The molecule has 2 heterocycles. The molecule has 7 nitrogen and oxygen atoms in total. The van der Waals surface area contributed by atoms with Gasteiger partial charge < -0.3 is 15.2 Å². The molecule has 1 aliphatic rings. The van der Waals surface area contributed by atoms with Gasteiger partial charge >= 0.3 is 11.7 Å². The Labute approximate surface area is 126 Å². The van der Waals surface area contributed by atoms with Crippen molar-refractivity contribution in [1.29, 1.82) is 0 Å². The van der Waals surface area contributed by atoms with Crippen molar-refractivity contribution >= 4 is 23.5 Å². The van der Waals surface area contributed by atoms with Gasteiger partial charge in [0.25, 0.3) is 0 Å². The predicted octanol–water partition coefficient (Wildman–Crippen LogP) is 1.00. The van der Waals surface area contributed by atoms with Crippen molar-refractivity contribution < 1.29 is 14.3 Å². The van der Waals surface area contributed by atoms with E-state index in [0.717, 1.165) is 0 Å². The number of thioether (sulfide) groups is 1. The van der Waals surface area contributed by atoms with Crippen LogP contribution >= 0.6 is 11.8 Å². The molecular weight excluding hydrogens is 294 g/mol. The maximum Gasteiger partial charge on any atom is 0.351 e. The Balaban J connectivity index is 1.92. The quantitative estimate of drug-likeness (QED) is 0.832. The highest BCUT2D eigenvalue weighted by Crippen LogP contribution is 2.31. The molecule has 0 aliphatic carbocycles. The third-order valence-corrected chi connectivity index (χ3v) is 3.95. The van der Waals surface area contributed by atoms with E-state index in [1.165, 1.54) is 16.3 Å². The summed E-state index contributed by atoms with van der Waals surface area (Å²) in [5, 5.41) is 0. The van der Waals surface area contributed by atoms with Crippen LogP contribution in [0.15, 0.2) is 17.1 Å². The third-order valence-electron chi connectivity index (χ3n) is 2.86. The standard InChI is InChI=1S/C13H19N3O4S/c1-13(2,3)11(17)19-6-10-20-9(7-21-10)16-5-4-8(14)15-12(16)18/h4-5,9-10H,6-7H2,1-3H3,(H2,14,15,18)/t9-,10+/m1/s1. The van der Waals surface area contributed by atoms with E-state index in [9.17, 15) is 9.59 Å². The molecule has 2 N–H and O–H groups in total. The second-order valence-electron chi connectivity index (χ2n) is 5.74. The maximum atomic E-state index is 11.7. The highest BCUT2D eigenvalue weighted by atomic mass is 32.2. The van der Waals surface area contributed by atoms with Gasteiger partial charge in [0, 0.05) is 11.9 Å². The number of nitrogens with two attached hydrogens (primary N) is 1. The summed E-state index contributed by atoms with van der Waals surface area (Å²) >= 11 is 1.49. The Bertz CT molecular complexity index is 582. The largest absolute Gasteiger partial charge is 0.462 e. The van der Waals surface area contributed by atoms with Crippen molar-refractivity contribution in [2.24, 2.45) is 5.41 Å². The zero-order valence-corrected chi connectivity index (χ0v) is 13.1. The lowest BCUT2D eigenvalue weighted by Gasteiger charge is -2.19. The number of hydrogen-bond acceptors (Lipinski definition) is 7. The summed E-state index contributed by atoms with van der Waals surface area (Å²) in [5.74, 6) is 0.488. The molecule has 2 atom stereocenters. The number of aromatic nitrogens is 2. The molecule has 8 heteroatoms. The van der Waals surface area contributed by atoms with Crippen LogP contribution in [0, 0.1) is 5.41 Å². The minimum atomic E-state index is -0.541. The first kappa shape index (κ1) is 15.8. The second-order valence-corrected chi connectivity index (χ2v) is 6.94. The van der Waals surface area contributed by atoms with Gasteiger partial charge in [-0.3, -0.25) is 9.36 Å². The lowest BCUT2D eigenvalue weighted by Crippen LogP contribution is -2.29. The molecule has 116 valence electrons. The van der Waals surface area contributed by atoms with Gasteiger partial charge in [0.05, 0.1) is 5.41 Å². The maximum absolute atomic E-state index is 11.7. The number of anilines is 1. The second kappa shape index (κ2) is 6.07. The minimum Gasteiger partial charge on any atom is -0.462 e. The van der Waals surface area contributed by atoms with Crippen LogP contribution in [0.1, 0.15) is 27.0 Å². The van der Waals surface area contributed by atoms with E-state index in [2.05, 4.69) is 4.98 Å². The SMILES string of the molecule is CC(C)(C)C(=O)OC[C@H]1O[C@@H](n2ccc(N)nc2=O)CS1. The molecular formula is C13H19N3O4S. The van der Waals surface area contributed by atoms with Crippen molar-refractivity contribution in [3.63, 3.8) is 0 Å². The number of nitrogens with zero attached hydrogens (tertiary/aromatic N) is 2. The Morgan fingerprint density at radius 1 is 1.62 bits per heavy atom. The molecule has 0 amide bonds. The number of ether oxygens (including phenoxy) is 2. The van der Waals surface area contributed by atoms with Crippen LogP contribution in [0.2, 0.25) is 0 Å². The van der Waals surface area contributed by atoms with Crippen LogP contribution in [-0.4, -0.2) is 33.3 Å². The predicted molar refractivity (Wildman–Crippen MR) is 79.7 cm³/mol. The lowest BCUT2D eigenvalue weighted by atomic mass is 9.97. The number of nitrogen functional groups attached to an aromatic ring is 1. The summed E-state index contributed by atoms with van der Waals surface area (Å²) in [4.78, 5) is 27.1. The van der Waals surface area contributed by atoms with E-state index >= 15 is 0 Å². The summed E-state index contributed by atoms with van der Waals surface area (Å²) in [7, 11) is 0. The van der Waals surface area contributed by atoms with Gasteiger partial charge in [-0.1, -0.05) is 0 Å². The minimum absolute atomic E-state index is 0.161. The molecule has 0 bridgehead atoms. The Morgan fingerprint density at radius 3 is 2.95 bits per heavy atom. The van der Waals surface area contributed by atoms with E-state index < -0.39 is 17.3 Å². The van der Waals surface area contributed by atoms with E-state index in [1.807, 2.05) is 0 Å². The molecule has 0 unspecified atom stereocenters. The highest BCUT2D eigenvalue weighted by Gasteiger charge is 2.30. The molecule has 0 saturated carbocycles. The molecule has 2 rings (SSSR count). The van der Waals surface area contributed by atoms with Crippen molar-refractivity contribution in [2.75, 3.05) is 18.1 Å². The van der Waals surface area contributed by atoms with Crippen LogP contribution in [0.3, 0.4) is 0 Å². The summed E-state index contributed by atoms with van der Waals surface area (Å²) in [6, 6.07) is 1.54. The average Bonchev–Trinajstić information content (AvgIpc) is 2.83. The zero-order valence-electron chi connectivity index (χ0n) is 12.2. The molecule has 1 fully saturated rings. The van der Waals surface area contributed by atoms with Crippen LogP contribution in [0.5, 0.6) is 0 Å². The topological polar surface area (TPSA) is 96.4 Å². The third kappa shape index (κ3) is 3.98. The smallest absolute Gasteiger partial charge is 0.351 e. The van der Waals surface area contributed by atoms with Crippen LogP contribution in [0.25, 0.3) is 0 Å². The summed E-state index contributed by atoms with van der Waals surface area (Å²) in [6.45, 7) is 5.54. The van der Waals surface area contributed by atoms with Crippen LogP contribution in [-0.2, 0) is 14.3 Å². The van der Waals surface area contributed by atoms with E-state index in [4.69, 9.17) is 15.2 Å². The highest BCUT2D eigenvalue weighted by molar-refractivity contribution is 8.00. The normalized spacial score (nSPS) is 22.2. The van der Waals surface area contributed by atoms with Crippen molar-refractivity contribution in [3.05, 3.63) is 22.7 Å². The fraction of sp³-hybridized carbons (Fsp3) is 0.615. The first-order valence-corrected chi connectivity index (χ1v) is 7.61. The monoisotopic (exact) mass is 313 g/mol. The fourth-order valence-electron chi connectivity index (χ4n) is 1.68. The molecule has 1 saturated heterocycles. The van der Waals surface area contributed by atoms with Crippen molar-refractivity contribution in [1.82, 2.24) is 9.55 Å². The summed E-state index contributed by atoms with van der Waals surface area (Å²) in [6.07, 6.45) is 1.13. The number of carbonyl (C=O) groups is 1. The number of rotatable bonds is 3. The Hall–Kier alpha value is -1.54. The Morgan fingerprint density at radius 2 is 2.33 bits per heavy atom. The first-order chi connectivity index (χ1) is 9.77. The Kier molecular flexibility index (Phi) is 4.58. The van der Waals surface area contributed by atoms with Crippen LogP contribution in [0.4, 0.5) is 5.82 Å². The molecule has 0 spiro atoms. The number of esters is 1. The first-order valence-electron chi connectivity index (χ1n) is 6.56. The van der Waals surface area contributed by atoms with Gasteiger partial charge in [0.2, 0.25) is 0 Å². The lowest BCUT2D eigenvalue weighted by molar-refractivity contribution is -0.156. The fourth-order valence-corrected chi connectivity index (χ4v) is 2.67. The average molecular weight is 313 g/mol. The zero-order chi connectivity index (χ0) is 15.6. The van der Waals surface area contributed by atoms with Crippen molar-refractivity contribution in [2.45, 2.75) is 32.4 Å². The molecule has 1 aliphatic heterocycles. The van der Waals surface area contributed by atoms with E-state index in [0.29, 0.717) is 5.75 Å². The number of hydrogen-bond donors (Lipinski definition) is 1. The number of carbonyl (C=O) groups excluding carboxylic acids is 1.